The van der Waals surface area contributed by atoms with Gasteiger partial charge in [0.15, 0.2) is 0 Å². The fraction of sp³-hybridized carbons (Fsp3) is 0.400. The third-order valence-electron chi connectivity index (χ3n) is 5.21. The number of hydrogen-bond donors (Lipinski definition) is 1. The fourth-order valence-corrected chi connectivity index (χ4v) is 6.20. The molecule has 4 rings (SSSR count). The van der Waals surface area contributed by atoms with Crippen molar-refractivity contribution in [3.05, 3.63) is 60.2 Å². The molecule has 2 aliphatic heterocycles. The highest BCUT2D eigenvalue weighted by atomic mass is 32.2. The summed E-state index contributed by atoms with van der Waals surface area (Å²) in [6.07, 6.45) is 4.30. The third-order valence-corrected chi connectivity index (χ3v) is 7.33. The van der Waals surface area contributed by atoms with Crippen LogP contribution in [0.25, 0.3) is 0 Å². The molecule has 4 heteroatoms. The normalized spacial score (nSPS) is 32.3. The first-order chi connectivity index (χ1) is 11.6. The average Bonchev–Trinajstić information content (AvgIpc) is 2.58. The van der Waals surface area contributed by atoms with Crippen LogP contribution in [0, 0.1) is 0 Å². The van der Waals surface area contributed by atoms with Gasteiger partial charge in [0.25, 0.3) is 0 Å². The molecule has 0 aliphatic carbocycles. The van der Waals surface area contributed by atoms with Gasteiger partial charge in [0, 0.05) is 21.3 Å². The molecule has 24 heavy (non-hydrogen) atoms. The smallest absolute Gasteiger partial charge is 0.127 e. The van der Waals surface area contributed by atoms with Gasteiger partial charge in [-0.3, -0.25) is 4.21 Å². The molecule has 1 N–H and O–H groups in total. The van der Waals surface area contributed by atoms with Crippen LogP contribution in [0.1, 0.15) is 37.7 Å². The number of hydrogen-bond acceptors (Lipinski definition) is 3. The van der Waals surface area contributed by atoms with E-state index < -0.39 is 16.4 Å². The minimum Gasteiger partial charge on any atom is -0.457 e. The molecular weight excluding hydrogens is 320 g/mol. The molecule has 2 unspecified atom stereocenters. The Bertz CT molecular complexity index is 710. The van der Waals surface area contributed by atoms with Crippen LogP contribution in [0.3, 0.4) is 0 Å². The largest absolute Gasteiger partial charge is 0.457 e. The van der Waals surface area contributed by atoms with Crippen LogP contribution < -0.4 is 4.74 Å². The number of para-hydroxylation sites is 1. The molecule has 2 atom stereocenters. The molecule has 2 bridgehead atoms. The van der Waals surface area contributed by atoms with Crippen molar-refractivity contribution >= 4 is 10.8 Å². The SMILES string of the molecule is O=S1C2CCCC1CC(O)(c1ccc(Oc3ccccc3)cc1)C2. The van der Waals surface area contributed by atoms with Crippen molar-refractivity contribution in [2.75, 3.05) is 0 Å². The minimum absolute atomic E-state index is 0.141. The van der Waals surface area contributed by atoms with Crippen LogP contribution in [0.5, 0.6) is 11.5 Å². The molecule has 0 saturated carbocycles. The Kier molecular flexibility index (Phi) is 4.19. The van der Waals surface area contributed by atoms with Crippen LogP contribution in [0.4, 0.5) is 0 Å². The number of ether oxygens (including phenoxy) is 1. The van der Waals surface area contributed by atoms with Crippen molar-refractivity contribution in [1.29, 1.82) is 0 Å². The van der Waals surface area contributed by atoms with Crippen LogP contribution in [0.2, 0.25) is 0 Å². The average molecular weight is 342 g/mol. The first-order valence-corrected chi connectivity index (χ1v) is 9.87. The molecule has 0 aromatic heterocycles. The molecule has 2 aromatic rings. The van der Waals surface area contributed by atoms with Gasteiger partial charge >= 0.3 is 0 Å². The summed E-state index contributed by atoms with van der Waals surface area (Å²) in [5.41, 5.74) is 0.0612. The van der Waals surface area contributed by atoms with Crippen LogP contribution in [0.15, 0.2) is 54.6 Å². The van der Waals surface area contributed by atoms with Crippen molar-refractivity contribution in [2.24, 2.45) is 0 Å². The van der Waals surface area contributed by atoms with Crippen molar-refractivity contribution in [3.8, 4) is 11.5 Å². The van der Waals surface area contributed by atoms with Crippen LogP contribution in [-0.2, 0) is 16.4 Å². The van der Waals surface area contributed by atoms with Crippen molar-refractivity contribution < 1.29 is 14.1 Å². The lowest BCUT2D eigenvalue weighted by molar-refractivity contribution is 0.00652. The van der Waals surface area contributed by atoms with E-state index in [9.17, 15) is 9.32 Å². The summed E-state index contributed by atoms with van der Waals surface area (Å²) in [5.74, 6) is 1.56. The van der Waals surface area contributed by atoms with Crippen molar-refractivity contribution in [3.63, 3.8) is 0 Å². The summed E-state index contributed by atoms with van der Waals surface area (Å²) >= 11 is 0. The lowest BCUT2D eigenvalue weighted by Gasteiger charge is -2.43. The quantitative estimate of drug-likeness (QED) is 0.912. The zero-order valence-corrected chi connectivity index (χ0v) is 14.4. The number of aliphatic hydroxyl groups is 1. The minimum atomic E-state index is -0.852. The molecule has 0 radical (unpaired) electrons. The van der Waals surface area contributed by atoms with Gasteiger partial charge in [-0.2, -0.15) is 0 Å². The molecule has 2 aliphatic rings. The Balaban J connectivity index is 1.53. The Labute approximate surface area is 145 Å². The molecule has 2 saturated heterocycles. The van der Waals surface area contributed by atoms with Gasteiger partial charge in [-0.15, -0.1) is 0 Å². The van der Waals surface area contributed by atoms with E-state index in [2.05, 4.69) is 0 Å². The second-order valence-electron chi connectivity index (χ2n) is 6.88. The molecule has 2 aromatic carbocycles. The highest BCUT2D eigenvalue weighted by Gasteiger charge is 2.46. The van der Waals surface area contributed by atoms with E-state index in [0.29, 0.717) is 12.8 Å². The zero-order valence-electron chi connectivity index (χ0n) is 13.6. The molecule has 2 fully saturated rings. The van der Waals surface area contributed by atoms with Gasteiger partial charge in [0.05, 0.1) is 5.60 Å². The van der Waals surface area contributed by atoms with Crippen LogP contribution >= 0.6 is 0 Å². The molecule has 2 heterocycles. The van der Waals surface area contributed by atoms with Gasteiger partial charge in [-0.1, -0.05) is 36.8 Å². The van der Waals surface area contributed by atoms with E-state index in [0.717, 1.165) is 36.3 Å². The summed E-state index contributed by atoms with van der Waals surface area (Å²) in [6.45, 7) is 0. The maximum atomic E-state index is 12.4. The van der Waals surface area contributed by atoms with Crippen molar-refractivity contribution in [1.82, 2.24) is 0 Å². The summed E-state index contributed by atoms with van der Waals surface area (Å²) in [6, 6.07) is 17.4. The maximum Gasteiger partial charge on any atom is 0.127 e. The molecule has 0 amide bonds. The summed E-state index contributed by atoms with van der Waals surface area (Å²) in [4.78, 5) is 0. The Morgan fingerprint density at radius 1 is 0.917 bits per heavy atom. The van der Waals surface area contributed by atoms with Crippen molar-refractivity contribution in [2.45, 2.75) is 48.2 Å². The number of rotatable bonds is 3. The molecule has 3 nitrogen and oxygen atoms in total. The topological polar surface area (TPSA) is 46.5 Å². The molecular formula is C20H22O3S. The Morgan fingerprint density at radius 3 is 2.12 bits per heavy atom. The van der Waals surface area contributed by atoms with Gasteiger partial charge in [0.2, 0.25) is 0 Å². The van der Waals surface area contributed by atoms with E-state index in [1.54, 1.807) is 0 Å². The molecule has 0 spiro atoms. The monoisotopic (exact) mass is 342 g/mol. The Morgan fingerprint density at radius 2 is 1.50 bits per heavy atom. The second-order valence-corrected chi connectivity index (χ2v) is 8.87. The number of fused-ring (bicyclic) bond motifs is 2. The lowest BCUT2D eigenvalue weighted by atomic mass is 9.80. The number of benzene rings is 2. The fourth-order valence-electron chi connectivity index (χ4n) is 3.98. The highest BCUT2D eigenvalue weighted by molar-refractivity contribution is 7.86. The third kappa shape index (κ3) is 3.01. The maximum absolute atomic E-state index is 12.4. The summed E-state index contributed by atoms with van der Waals surface area (Å²) in [7, 11) is -0.772. The zero-order chi connectivity index (χ0) is 16.6. The lowest BCUT2D eigenvalue weighted by Crippen LogP contribution is -2.47. The molecule has 126 valence electrons. The second kappa shape index (κ2) is 6.34. The highest BCUT2D eigenvalue weighted by Crippen LogP contribution is 2.44. The Hall–Kier alpha value is -1.65. The van der Waals surface area contributed by atoms with E-state index in [1.165, 1.54) is 0 Å². The first-order valence-electron chi connectivity index (χ1n) is 8.59. The van der Waals surface area contributed by atoms with E-state index >= 15 is 0 Å². The summed E-state index contributed by atoms with van der Waals surface area (Å²) in [5, 5.41) is 11.5. The first kappa shape index (κ1) is 15.9. The predicted molar refractivity (Wildman–Crippen MR) is 95.7 cm³/mol. The van der Waals surface area contributed by atoms with Crippen LogP contribution in [-0.4, -0.2) is 19.8 Å². The van der Waals surface area contributed by atoms with Gasteiger partial charge in [0.1, 0.15) is 11.5 Å². The van der Waals surface area contributed by atoms with E-state index in [4.69, 9.17) is 4.74 Å². The summed E-state index contributed by atoms with van der Waals surface area (Å²) < 4.78 is 18.2. The van der Waals surface area contributed by atoms with Gasteiger partial charge in [-0.05, 0) is 55.5 Å². The predicted octanol–water partition coefficient (Wildman–Crippen LogP) is 4.13. The van der Waals surface area contributed by atoms with E-state index in [-0.39, 0.29) is 10.5 Å². The van der Waals surface area contributed by atoms with Gasteiger partial charge in [-0.25, -0.2) is 0 Å². The van der Waals surface area contributed by atoms with Gasteiger partial charge < -0.3 is 9.84 Å². The van der Waals surface area contributed by atoms with E-state index in [1.807, 2.05) is 54.6 Å². The standard InChI is InChI=1S/C20H22O3S/c21-20(13-18-7-4-8-19(14-20)24(18)22)15-9-11-17(12-10-15)23-16-5-2-1-3-6-16/h1-3,5-6,9-12,18-19,21H,4,7-8,13-14H2.